The molecule has 0 saturated carbocycles. The van der Waals surface area contributed by atoms with Crippen LogP contribution in [0.25, 0.3) is 21.5 Å². The molecular formula is C13H6Cl2N4OS. The molecule has 0 atom stereocenters. The zero-order chi connectivity index (χ0) is 15.1. The summed E-state index contributed by atoms with van der Waals surface area (Å²) in [5.41, 5.74) is 6.62. The number of nitrogens with two attached hydrogens (primary N) is 1. The first-order chi connectivity index (χ1) is 9.99. The Labute approximate surface area is 133 Å². The summed E-state index contributed by atoms with van der Waals surface area (Å²) in [7, 11) is 0. The Bertz CT molecular complexity index is 917. The van der Waals surface area contributed by atoms with Gasteiger partial charge in [0.1, 0.15) is 21.5 Å². The van der Waals surface area contributed by atoms with E-state index in [0.717, 1.165) is 0 Å². The van der Waals surface area contributed by atoms with Crippen molar-refractivity contribution in [3.05, 3.63) is 33.1 Å². The van der Waals surface area contributed by atoms with Gasteiger partial charge in [-0.15, -0.1) is 11.3 Å². The summed E-state index contributed by atoms with van der Waals surface area (Å²) in [5.74, 6) is -0.0496. The minimum atomic E-state index is -0.114. The van der Waals surface area contributed by atoms with Crippen molar-refractivity contribution in [2.45, 2.75) is 0 Å². The molecule has 1 aromatic carbocycles. The molecule has 3 N–H and O–H groups in total. The lowest BCUT2D eigenvalue weighted by Gasteiger charge is -2.08. The fraction of sp³-hybridized carbons (Fsp3) is 0. The summed E-state index contributed by atoms with van der Waals surface area (Å²) in [6.07, 6.45) is 0. The number of halogens is 2. The maximum Gasteiger partial charge on any atom is 0.221 e. The van der Waals surface area contributed by atoms with Gasteiger partial charge in [-0.2, -0.15) is 5.26 Å². The third-order valence-corrected chi connectivity index (χ3v) is 4.36. The summed E-state index contributed by atoms with van der Waals surface area (Å²) in [5, 5.41) is 19.9. The molecule has 0 fully saturated rings. The Hall–Kier alpha value is -2.07. The molecule has 0 aliphatic heterocycles. The average Bonchev–Trinajstić information content (AvgIpc) is 2.85. The van der Waals surface area contributed by atoms with Crippen molar-refractivity contribution in [3.63, 3.8) is 0 Å². The van der Waals surface area contributed by atoms with Crippen LogP contribution in [0.2, 0.25) is 10.0 Å². The Morgan fingerprint density at radius 3 is 2.67 bits per heavy atom. The van der Waals surface area contributed by atoms with Crippen LogP contribution in [0.1, 0.15) is 4.88 Å². The summed E-state index contributed by atoms with van der Waals surface area (Å²) in [6.45, 7) is 0. The maximum absolute atomic E-state index is 9.76. The first-order valence-electron chi connectivity index (χ1n) is 5.65. The van der Waals surface area contributed by atoms with Gasteiger partial charge < -0.3 is 10.8 Å². The molecule has 21 heavy (non-hydrogen) atoms. The zero-order valence-electron chi connectivity index (χ0n) is 10.3. The van der Waals surface area contributed by atoms with Crippen LogP contribution in [0.3, 0.4) is 0 Å². The van der Waals surface area contributed by atoms with Crippen molar-refractivity contribution in [1.29, 1.82) is 5.26 Å². The Morgan fingerprint density at radius 1 is 1.19 bits per heavy atom. The fourth-order valence-electron chi connectivity index (χ4n) is 1.92. The number of phenols is 1. The SMILES string of the molecule is N#Cc1cc2c(-c3cc(O)c(Cl)cc3Cl)nc(N)nc2s1. The van der Waals surface area contributed by atoms with Gasteiger partial charge in [0.15, 0.2) is 0 Å². The number of nitrogens with zero attached hydrogens (tertiary/aromatic N) is 3. The van der Waals surface area contributed by atoms with Gasteiger partial charge in [-0.25, -0.2) is 9.97 Å². The van der Waals surface area contributed by atoms with Crippen molar-refractivity contribution < 1.29 is 5.11 Å². The van der Waals surface area contributed by atoms with E-state index < -0.39 is 0 Å². The van der Waals surface area contributed by atoms with Crippen LogP contribution in [-0.4, -0.2) is 15.1 Å². The highest BCUT2D eigenvalue weighted by Gasteiger charge is 2.16. The largest absolute Gasteiger partial charge is 0.506 e. The standard InChI is InChI=1S/C13H6Cl2N4OS/c14-8-3-9(15)10(20)2-6(8)11-7-1-5(4-16)21-12(7)19-13(17)18-11/h1-3,20H,(H2,17,18,19). The van der Waals surface area contributed by atoms with Crippen molar-refractivity contribution in [1.82, 2.24) is 9.97 Å². The van der Waals surface area contributed by atoms with Crippen molar-refractivity contribution in [2.24, 2.45) is 0 Å². The number of phenolic OH excluding ortho intramolecular Hbond substituents is 1. The number of fused-ring (bicyclic) bond motifs is 1. The molecule has 0 aliphatic rings. The lowest BCUT2D eigenvalue weighted by atomic mass is 10.1. The number of aromatic hydroxyl groups is 1. The molecular weight excluding hydrogens is 331 g/mol. The van der Waals surface area contributed by atoms with E-state index in [1.807, 2.05) is 0 Å². The molecule has 0 aliphatic carbocycles. The Kier molecular flexibility index (Phi) is 3.33. The molecule has 0 radical (unpaired) electrons. The van der Waals surface area contributed by atoms with E-state index in [-0.39, 0.29) is 16.7 Å². The van der Waals surface area contributed by atoms with Gasteiger partial charge in [0, 0.05) is 10.9 Å². The van der Waals surface area contributed by atoms with Crippen molar-refractivity contribution in [2.75, 3.05) is 5.73 Å². The molecule has 2 heterocycles. The van der Waals surface area contributed by atoms with E-state index in [2.05, 4.69) is 16.0 Å². The molecule has 3 aromatic rings. The number of rotatable bonds is 1. The third-order valence-electron chi connectivity index (χ3n) is 2.81. The summed E-state index contributed by atoms with van der Waals surface area (Å²) >= 11 is 13.2. The number of nitrogen functional groups attached to an aromatic ring is 1. The monoisotopic (exact) mass is 336 g/mol. The molecule has 104 valence electrons. The lowest BCUT2D eigenvalue weighted by Crippen LogP contribution is -1.96. The molecule has 0 amide bonds. The predicted octanol–water partition coefficient (Wildman–Crippen LogP) is 3.82. The molecule has 8 heteroatoms. The Morgan fingerprint density at radius 2 is 1.95 bits per heavy atom. The summed E-state index contributed by atoms with van der Waals surface area (Å²) in [4.78, 5) is 9.35. The van der Waals surface area contributed by atoms with Crippen LogP contribution >= 0.6 is 34.5 Å². The number of anilines is 1. The molecule has 0 saturated heterocycles. The average molecular weight is 337 g/mol. The molecule has 0 bridgehead atoms. The maximum atomic E-state index is 9.76. The van der Waals surface area contributed by atoms with Crippen molar-refractivity contribution in [3.8, 4) is 23.1 Å². The summed E-state index contributed by atoms with van der Waals surface area (Å²) in [6, 6.07) is 6.56. The highest BCUT2D eigenvalue weighted by Crippen LogP contribution is 2.39. The van der Waals surface area contributed by atoms with Gasteiger partial charge in [0.2, 0.25) is 5.95 Å². The quantitative estimate of drug-likeness (QED) is 0.704. The normalized spacial score (nSPS) is 10.7. The van der Waals surface area contributed by atoms with Crippen LogP contribution in [-0.2, 0) is 0 Å². The number of hydrogen-bond acceptors (Lipinski definition) is 6. The molecule has 0 spiro atoms. The van der Waals surface area contributed by atoms with Crippen LogP contribution in [0, 0.1) is 11.3 Å². The van der Waals surface area contributed by atoms with Crippen LogP contribution in [0.5, 0.6) is 5.75 Å². The van der Waals surface area contributed by atoms with Crippen molar-refractivity contribution >= 4 is 50.7 Å². The van der Waals surface area contributed by atoms with Crippen LogP contribution in [0.15, 0.2) is 18.2 Å². The Balaban J connectivity index is 2.37. The summed E-state index contributed by atoms with van der Waals surface area (Å²) < 4.78 is 0. The zero-order valence-corrected chi connectivity index (χ0v) is 12.6. The lowest BCUT2D eigenvalue weighted by molar-refractivity contribution is 0.476. The van der Waals surface area contributed by atoms with Crippen LogP contribution in [0.4, 0.5) is 5.95 Å². The minimum Gasteiger partial charge on any atom is -0.506 e. The number of hydrogen-bond donors (Lipinski definition) is 2. The van der Waals surface area contributed by atoms with Gasteiger partial charge in [-0.3, -0.25) is 0 Å². The van der Waals surface area contributed by atoms with E-state index in [1.165, 1.54) is 23.5 Å². The first kappa shape index (κ1) is 13.9. The molecule has 2 aromatic heterocycles. The molecule has 5 nitrogen and oxygen atoms in total. The van der Waals surface area contributed by atoms with Gasteiger partial charge in [0.25, 0.3) is 0 Å². The van der Waals surface area contributed by atoms with E-state index >= 15 is 0 Å². The van der Waals surface area contributed by atoms with Crippen LogP contribution < -0.4 is 5.73 Å². The predicted molar refractivity (Wildman–Crippen MR) is 83.7 cm³/mol. The fourth-order valence-corrected chi connectivity index (χ4v) is 3.23. The van der Waals surface area contributed by atoms with E-state index in [9.17, 15) is 5.11 Å². The number of benzene rings is 1. The topological polar surface area (TPSA) is 95.8 Å². The number of thiophene rings is 1. The van der Waals surface area contributed by atoms with E-state index in [4.69, 9.17) is 34.2 Å². The minimum absolute atomic E-state index is 0.0642. The van der Waals surface area contributed by atoms with E-state index in [1.54, 1.807) is 6.07 Å². The van der Waals surface area contributed by atoms with Gasteiger partial charge >= 0.3 is 0 Å². The second-order valence-corrected chi connectivity index (χ2v) is 6.00. The smallest absolute Gasteiger partial charge is 0.221 e. The second kappa shape index (κ2) is 5.04. The number of nitriles is 1. The van der Waals surface area contributed by atoms with Gasteiger partial charge in [-0.05, 0) is 18.2 Å². The highest BCUT2D eigenvalue weighted by molar-refractivity contribution is 7.19. The highest BCUT2D eigenvalue weighted by atomic mass is 35.5. The van der Waals surface area contributed by atoms with Gasteiger partial charge in [-0.1, -0.05) is 23.2 Å². The number of aromatic nitrogens is 2. The second-order valence-electron chi connectivity index (χ2n) is 4.16. The van der Waals surface area contributed by atoms with Gasteiger partial charge in [0.05, 0.1) is 15.7 Å². The third kappa shape index (κ3) is 2.36. The molecule has 0 unspecified atom stereocenters. The molecule has 3 rings (SSSR count). The first-order valence-corrected chi connectivity index (χ1v) is 7.22. The van der Waals surface area contributed by atoms with E-state index in [0.29, 0.717) is 31.4 Å².